The van der Waals surface area contributed by atoms with Gasteiger partial charge in [-0.2, -0.15) is 0 Å². The molecule has 2 atom stereocenters. The van der Waals surface area contributed by atoms with E-state index in [0.717, 1.165) is 0 Å². The van der Waals surface area contributed by atoms with Gasteiger partial charge in [-0.05, 0) is 25.7 Å². The number of primary amides is 1. The van der Waals surface area contributed by atoms with Crippen molar-refractivity contribution in [3.8, 4) is 0 Å². The normalized spacial score (nSPS) is 13.6. The van der Waals surface area contributed by atoms with Gasteiger partial charge in [-0.25, -0.2) is 0 Å². The van der Waals surface area contributed by atoms with E-state index in [-0.39, 0.29) is 48.1 Å². The molecule has 2 amide bonds. The maximum Gasteiger partial charge on any atom is 0.224 e. The monoisotopic (exact) mass is 340 g/mol. The Bertz CT molecular complexity index is 458. The highest BCUT2D eigenvalue weighted by molar-refractivity contribution is 5.92. The van der Waals surface area contributed by atoms with Crippen molar-refractivity contribution in [1.29, 1.82) is 0 Å². The number of rotatable bonds is 12. The van der Waals surface area contributed by atoms with E-state index in [1.54, 1.807) is 13.8 Å². The fourth-order valence-electron chi connectivity index (χ4n) is 2.56. The molecule has 0 aromatic rings. The topological polar surface area (TPSA) is 106 Å². The number of nitrogens with one attached hydrogen (secondary N) is 1. The number of unbranched alkanes of at least 4 members (excludes halogenated alkanes) is 1. The molecule has 0 unspecified atom stereocenters. The predicted octanol–water partition coefficient (Wildman–Crippen LogP) is 1.99. The molecule has 0 aliphatic carbocycles. The second-order valence-electron chi connectivity index (χ2n) is 7.09. The van der Waals surface area contributed by atoms with Gasteiger partial charge in [0.2, 0.25) is 11.8 Å². The molecule has 0 aromatic heterocycles. The number of carbonyl (C=O) groups is 4. The fourth-order valence-corrected chi connectivity index (χ4v) is 2.56. The van der Waals surface area contributed by atoms with E-state index in [2.05, 4.69) is 5.32 Å². The molecule has 0 bridgehead atoms. The van der Waals surface area contributed by atoms with Gasteiger partial charge in [0.1, 0.15) is 5.78 Å². The van der Waals surface area contributed by atoms with Gasteiger partial charge in [0.25, 0.3) is 0 Å². The van der Waals surface area contributed by atoms with Gasteiger partial charge in [0.05, 0.1) is 6.04 Å². The third kappa shape index (κ3) is 8.79. The molecule has 0 rings (SSSR count). The van der Waals surface area contributed by atoms with Crippen molar-refractivity contribution in [3.05, 3.63) is 0 Å². The second kappa shape index (κ2) is 10.9. The zero-order chi connectivity index (χ0) is 18.9. The summed E-state index contributed by atoms with van der Waals surface area (Å²) >= 11 is 0. The summed E-state index contributed by atoms with van der Waals surface area (Å²) in [5.74, 6) is -1.32. The summed E-state index contributed by atoms with van der Waals surface area (Å²) in [6.07, 6.45) is 2.14. The van der Waals surface area contributed by atoms with Crippen LogP contribution in [0.25, 0.3) is 0 Å². The lowest BCUT2D eigenvalue weighted by molar-refractivity contribution is -0.134. The van der Waals surface area contributed by atoms with Crippen LogP contribution < -0.4 is 11.1 Å². The lowest BCUT2D eigenvalue weighted by Crippen LogP contribution is -2.46. The van der Waals surface area contributed by atoms with Gasteiger partial charge in [0.15, 0.2) is 5.78 Å². The lowest BCUT2D eigenvalue weighted by atomic mass is 9.89. The van der Waals surface area contributed by atoms with E-state index < -0.39 is 12.0 Å². The Morgan fingerprint density at radius 3 is 2.00 bits per heavy atom. The minimum absolute atomic E-state index is 0.0126. The highest BCUT2D eigenvalue weighted by atomic mass is 16.2. The summed E-state index contributed by atoms with van der Waals surface area (Å²) in [6, 6.07) is -0.585. The first kappa shape index (κ1) is 22.3. The summed E-state index contributed by atoms with van der Waals surface area (Å²) < 4.78 is 0. The standard InChI is InChI=1S/C18H32N2O4/c1-11(2)14(10-13(5)21)18(24)20-15(17(23)12(3)4)8-6-7-9-16(19)22/h11-12,14-15H,6-10H2,1-5H3,(H2,19,22)(H,20,24)/t14-,15-/m0/s1. The molecule has 0 aromatic carbocycles. The molecule has 6 heteroatoms. The Morgan fingerprint density at radius 2 is 1.58 bits per heavy atom. The van der Waals surface area contributed by atoms with E-state index in [4.69, 9.17) is 5.73 Å². The van der Waals surface area contributed by atoms with Crippen LogP contribution in [0.2, 0.25) is 0 Å². The molecule has 24 heavy (non-hydrogen) atoms. The molecule has 0 aliphatic rings. The van der Waals surface area contributed by atoms with Crippen molar-refractivity contribution in [2.45, 2.75) is 72.8 Å². The zero-order valence-electron chi connectivity index (χ0n) is 15.6. The molecule has 0 aliphatic heterocycles. The Balaban J connectivity index is 4.88. The van der Waals surface area contributed by atoms with Gasteiger partial charge >= 0.3 is 0 Å². The van der Waals surface area contributed by atoms with Crippen molar-refractivity contribution in [1.82, 2.24) is 5.32 Å². The lowest BCUT2D eigenvalue weighted by Gasteiger charge is -2.24. The molecule has 0 saturated carbocycles. The first-order chi connectivity index (χ1) is 11.1. The molecule has 0 heterocycles. The SMILES string of the molecule is CC(=O)C[C@H](C(=O)N[C@@H](CCCCC(N)=O)C(=O)C(C)C)C(C)C. The minimum atomic E-state index is -0.585. The third-order valence-electron chi connectivity index (χ3n) is 4.04. The summed E-state index contributed by atoms with van der Waals surface area (Å²) in [7, 11) is 0. The Labute approximate surface area is 144 Å². The smallest absolute Gasteiger partial charge is 0.224 e. The number of amides is 2. The first-order valence-corrected chi connectivity index (χ1v) is 8.68. The summed E-state index contributed by atoms with van der Waals surface area (Å²) in [6.45, 7) is 8.82. The van der Waals surface area contributed by atoms with Crippen LogP contribution >= 0.6 is 0 Å². The van der Waals surface area contributed by atoms with Gasteiger partial charge < -0.3 is 15.8 Å². The maximum atomic E-state index is 12.5. The largest absolute Gasteiger partial charge is 0.370 e. The summed E-state index contributed by atoms with van der Waals surface area (Å²) in [4.78, 5) is 47.0. The molecular formula is C18H32N2O4. The molecule has 0 fully saturated rings. The predicted molar refractivity (Wildman–Crippen MR) is 93.1 cm³/mol. The average molecular weight is 340 g/mol. The Kier molecular flexibility index (Phi) is 10.2. The van der Waals surface area contributed by atoms with Crippen LogP contribution in [0.3, 0.4) is 0 Å². The van der Waals surface area contributed by atoms with Gasteiger partial charge in [-0.15, -0.1) is 0 Å². The van der Waals surface area contributed by atoms with Gasteiger partial charge in [0, 0.05) is 24.7 Å². The van der Waals surface area contributed by atoms with Gasteiger partial charge in [-0.1, -0.05) is 34.1 Å². The van der Waals surface area contributed by atoms with Crippen molar-refractivity contribution >= 4 is 23.4 Å². The molecule has 3 N–H and O–H groups in total. The van der Waals surface area contributed by atoms with E-state index in [1.165, 1.54) is 6.92 Å². The van der Waals surface area contributed by atoms with Crippen LogP contribution in [0.5, 0.6) is 0 Å². The first-order valence-electron chi connectivity index (χ1n) is 8.68. The number of hydrogen-bond acceptors (Lipinski definition) is 4. The second-order valence-corrected chi connectivity index (χ2v) is 7.09. The molecule has 138 valence electrons. The van der Waals surface area contributed by atoms with Crippen LogP contribution in [0, 0.1) is 17.8 Å². The van der Waals surface area contributed by atoms with Gasteiger partial charge in [-0.3, -0.25) is 14.4 Å². The number of nitrogens with two attached hydrogens (primary N) is 1. The summed E-state index contributed by atoms with van der Waals surface area (Å²) in [5.41, 5.74) is 5.11. The number of hydrogen-bond donors (Lipinski definition) is 2. The molecule has 0 saturated heterocycles. The van der Waals surface area contributed by atoms with Crippen molar-refractivity contribution in [2.24, 2.45) is 23.5 Å². The van der Waals surface area contributed by atoms with Crippen LogP contribution in [0.4, 0.5) is 0 Å². The number of Topliss-reactive ketones (excluding diaryl/α,β-unsaturated/α-hetero) is 2. The zero-order valence-corrected chi connectivity index (χ0v) is 15.6. The summed E-state index contributed by atoms with van der Waals surface area (Å²) in [5, 5.41) is 2.82. The van der Waals surface area contributed by atoms with Crippen molar-refractivity contribution < 1.29 is 19.2 Å². The molecule has 0 spiro atoms. The van der Waals surface area contributed by atoms with E-state index in [0.29, 0.717) is 19.3 Å². The van der Waals surface area contributed by atoms with E-state index in [9.17, 15) is 19.2 Å². The van der Waals surface area contributed by atoms with E-state index >= 15 is 0 Å². The molecule has 6 nitrogen and oxygen atoms in total. The Hall–Kier alpha value is -1.72. The van der Waals surface area contributed by atoms with Crippen molar-refractivity contribution in [2.75, 3.05) is 0 Å². The highest BCUT2D eigenvalue weighted by Crippen LogP contribution is 2.18. The Morgan fingerprint density at radius 1 is 1.00 bits per heavy atom. The van der Waals surface area contributed by atoms with Crippen molar-refractivity contribution in [3.63, 3.8) is 0 Å². The highest BCUT2D eigenvalue weighted by Gasteiger charge is 2.29. The fraction of sp³-hybridized carbons (Fsp3) is 0.778. The van der Waals surface area contributed by atoms with Crippen LogP contribution in [-0.4, -0.2) is 29.4 Å². The third-order valence-corrected chi connectivity index (χ3v) is 4.04. The minimum Gasteiger partial charge on any atom is -0.370 e. The quantitative estimate of drug-likeness (QED) is 0.530. The van der Waals surface area contributed by atoms with Crippen LogP contribution in [0.15, 0.2) is 0 Å². The van der Waals surface area contributed by atoms with Crippen LogP contribution in [-0.2, 0) is 19.2 Å². The van der Waals surface area contributed by atoms with E-state index in [1.807, 2.05) is 13.8 Å². The molecular weight excluding hydrogens is 308 g/mol. The number of ketones is 2. The molecule has 0 radical (unpaired) electrons. The maximum absolute atomic E-state index is 12.5. The average Bonchev–Trinajstić information content (AvgIpc) is 2.45. The number of carbonyl (C=O) groups excluding carboxylic acids is 4. The van der Waals surface area contributed by atoms with Crippen LogP contribution in [0.1, 0.15) is 66.7 Å².